The molecule has 1 aromatic rings. The maximum absolute atomic E-state index is 12.5. The van der Waals surface area contributed by atoms with Crippen molar-refractivity contribution in [3.63, 3.8) is 0 Å². The molecule has 136 valence electrons. The van der Waals surface area contributed by atoms with Crippen LogP contribution in [-0.2, 0) is 14.3 Å². The fourth-order valence-electron chi connectivity index (χ4n) is 2.56. The molecule has 1 heterocycles. The Labute approximate surface area is 146 Å². The van der Waals surface area contributed by atoms with Crippen LogP contribution in [0.2, 0.25) is 0 Å². The summed E-state index contributed by atoms with van der Waals surface area (Å²) in [5.74, 6) is 0.549. The summed E-state index contributed by atoms with van der Waals surface area (Å²) in [5.41, 5.74) is 1.30. The molecule has 8 heteroatoms. The number of hydrogen-bond donors (Lipinski definition) is 2. The number of ether oxygens (including phenoxy) is 4. The van der Waals surface area contributed by atoms with E-state index in [2.05, 4.69) is 10.6 Å². The van der Waals surface area contributed by atoms with Crippen molar-refractivity contribution in [1.82, 2.24) is 10.6 Å². The normalized spacial score (nSPS) is 16.8. The number of hydrogen-bond acceptors (Lipinski definition) is 6. The quantitative estimate of drug-likeness (QED) is 0.572. The molecule has 1 aliphatic heterocycles. The lowest BCUT2D eigenvalue weighted by molar-refractivity contribution is -0.140. The van der Waals surface area contributed by atoms with Gasteiger partial charge in [-0.15, -0.1) is 0 Å². The van der Waals surface area contributed by atoms with Gasteiger partial charge in [0, 0.05) is 18.4 Å². The molecule has 0 aromatic heterocycles. The van der Waals surface area contributed by atoms with Crippen molar-refractivity contribution in [2.75, 3.05) is 34.5 Å². The number of rotatable bonds is 7. The molecular weight excluding hydrogens is 328 g/mol. The molecule has 0 unspecified atom stereocenters. The highest BCUT2D eigenvalue weighted by Crippen LogP contribution is 2.35. The van der Waals surface area contributed by atoms with Gasteiger partial charge < -0.3 is 29.6 Å². The van der Waals surface area contributed by atoms with Gasteiger partial charge in [0.15, 0.2) is 0 Å². The van der Waals surface area contributed by atoms with E-state index < -0.39 is 18.0 Å². The molecule has 0 bridgehead atoms. The van der Waals surface area contributed by atoms with E-state index in [4.69, 9.17) is 18.9 Å². The minimum Gasteiger partial charge on any atom is -0.497 e. The summed E-state index contributed by atoms with van der Waals surface area (Å²) in [4.78, 5) is 24.5. The number of allylic oxidation sites excluding steroid dienone is 1. The fourth-order valence-corrected chi connectivity index (χ4v) is 2.56. The maximum Gasteiger partial charge on any atom is 0.338 e. The van der Waals surface area contributed by atoms with E-state index >= 15 is 0 Å². The van der Waals surface area contributed by atoms with Gasteiger partial charge in [0.1, 0.15) is 18.1 Å². The zero-order chi connectivity index (χ0) is 18.4. The number of nitrogens with one attached hydrogen (secondary N) is 2. The van der Waals surface area contributed by atoms with Crippen LogP contribution in [0.4, 0.5) is 4.79 Å². The lowest BCUT2D eigenvalue weighted by atomic mass is 9.94. The first-order valence-corrected chi connectivity index (χ1v) is 7.68. The minimum absolute atomic E-state index is 0.113. The van der Waals surface area contributed by atoms with Gasteiger partial charge in [-0.3, -0.25) is 0 Å². The first-order chi connectivity index (χ1) is 12.0. The minimum atomic E-state index is -0.728. The molecule has 1 atom stereocenters. The molecule has 2 rings (SSSR count). The van der Waals surface area contributed by atoms with Crippen molar-refractivity contribution < 1.29 is 28.5 Å². The van der Waals surface area contributed by atoms with Crippen LogP contribution in [0.15, 0.2) is 29.5 Å². The monoisotopic (exact) mass is 350 g/mol. The van der Waals surface area contributed by atoms with Gasteiger partial charge in [-0.05, 0) is 25.1 Å². The zero-order valence-electron chi connectivity index (χ0n) is 14.7. The van der Waals surface area contributed by atoms with Gasteiger partial charge in [-0.25, -0.2) is 9.59 Å². The number of urea groups is 1. The number of carbonyl (C=O) groups is 2. The zero-order valence-corrected chi connectivity index (χ0v) is 14.7. The van der Waals surface area contributed by atoms with Gasteiger partial charge in [-0.2, -0.15) is 0 Å². The van der Waals surface area contributed by atoms with Crippen LogP contribution < -0.4 is 20.1 Å². The summed E-state index contributed by atoms with van der Waals surface area (Å²) in [7, 11) is 4.57. The second-order valence-electron chi connectivity index (χ2n) is 5.31. The molecule has 0 saturated carbocycles. The Balaban J connectivity index is 2.44. The molecule has 0 fully saturated rings. The summed E-state index contributed by atoms with van der Waals surface area (Å²) < 4.78 is 20.7. The lowest BCUT2D eigenvalue weighted by Crippen LogP contribution is -2.45. The van der Waals surface area contributed by atoms with Crippen LogP contribution in [0, 0.1) is 0 Å². The molecule has 0 spiro atoms. The van der Waals surface area contributed by atoms with Crippen molar-refractivity contribution in [2.45, 2.75) is 13.0 Å². The smallest absolute Gasteiger partial charge is 0.338 e. The fraction of sp³-hybridized carbons (Fsp3) is 0.412. The number of carbonyl (C=O) groups excluding carboxylic acids is 2. The van der Waals surface area contributed by atoms with E-state index in [0.717, 1.165) is 0 Å². The van der Waals surface area contributed by atoms with Gasteiger partial charge in [0.2, 0.25) is 0 Å². The Morgan fingerprint density at radius 2 is 1.92 bits per heavy atom. The van der Waals surface area contributed by atoms with Gasteiger partial charge >= 0.3 is 12.0 Å². The average Bonchev–Trinajstić information content (AvgIpc) is 2.60. The molecule has 0 aliphatic carbocycles. The largest absolute Gasteiger partial charge is 0.497 e. The summed E-state index contributed by atoms with van der Waals surface area (Å²) in [6.07, 6.45) is 0. The highest BCUT2D eigenvalue weighted by Gasteiger charge is 2.34. The molecule has 1 aliphatic rings. The Bertz CT molecular complexity index is 686. The summed E-state index contributed by atoms with van der Waals surface area (Å²) >= 11 is 0. The number of amides is 2. The van der Waals surface area contributed by atoms with Crippen molar-refractivity contribution in [2.24, 2.45) is 0 Å². The molecular formula is C17H22N2O6. The van der Waals surface area contributed by atoms with Gasteiger partial charge in [0.05, 0.1) is 32.4 Å². The number of esters is 1. The molecule has 0 radical (unpaired) electrons. The topological polar surface area (TPSA) is 95.1 Å². The Hall–Kier alpha value is -2.74. The first-order valence-electron chi connectivity index (χ1n) is 7.68. The second-order valence-corrected chi connectivity index (χ2v) is 5.31. The first kappa shape index (κ1) is 18.6. The standard InChI is InChI=1S/C17H22N2O6/c1-10-14(16(20)25-8-7-22-2)15(19-17(21)18-10)12-9-11(23-3)5-6-13(12)24-4/h5-6,9,15H,7-8H2,1-4H3,(H2,18,19,21)/t15-/m0/s1. The summed E-state index contributed by atoms with van der Waals surface area (Å²) in [5, 5.41) is 5.33. The molecule has 1 aromatic carbocycles. The van der Waals surface area contributed by atoms with Crippen molar-refractivity contribution in [3.8, 4) is 11.5 Å². The van der Waals surface area contributed by atoms with E-state index in [1.165, 1.54) is 21.3 Å². The average molecular weight is 350 g/mol. The van der Waals surface area contributed by atoms with Crippen molar-refractivity contribution in [3.05, 3.63) is 35.0 Å². The third kappa shape index (κ3) is 4.21. The van der Waals surface area contributed by atoms with Gasteiger partial charge in [-0.1, -0.05) is 0 Å². The lowest BCUT2D eigenvalue weighted by Gasteiger charge is -2.29. The molecule has 25 heavy (non-hydrogen) atoms. The van der Waals surface area contributed by atoms with Crippen molar-refractivity contribution in [1.29, 1.82) is 0 Å². The van der Waals surface area contributed by atoms with E-state index in [-0.39, 0.29) is 13.2 Å². The van der Waals surface area contributed by atoms with Crippen molar-refractivity contribution >= 4 is 12.0 Å². The van der Waals surface area contributed by atoms with Crippen LogP contribution in [0.25, 0.3) is 0 Å². The third-order valence-corrected chi connectivity index (χ3v) is 3.76. The van der Waals surface area contributed by atoms with Gasteiger partial charge in [0.25, 0.3) is 0 Å². The Kier molecular flexibility index (Phi) is 6.24. The summed E-state index contributed by atoms with van der Waals surface area (Å²) in [6.45, 7) is 2.04. The SMILES string of the molecule is COCCOC(=O)C1=C(C)NC(=O)N[C@H]1c1cc(OC)ccc1OC. The van der Waals surface area contributed by atoms with Crippen LogP contribution in [0.5, 0.6) is 11.5 Å². The predicted octanol–water partition coefficient (Wildman–Crippen LogP) is 1.52. The van der Waals surface area contributed by atoms with E-state index in [9.17, 15) is 9.59 Å². The Morgan fingerprint density at radius 3 is 2.56 bits per heavy atom. The van der Waals surface area contributed by atoms with Crippen LogP contribution in [0.1, 0.15) is 18.5 Å². The van der Waals surface area contributed by atoms with E-state index in [1.54, 1.807) is 25.1 Å². The predicted molar refractivity (Wildman–Crippen MR) is 89.5 cm³/mol. The number of benzene rings is 1. The molecule has 8 nitrogen and oxygen atoms in total. The van der Waals surface area contributed by atoms with Crippen LogP contribution in [-0.4, -0.2) is 46.5 Å². The maximum atomic E-state index is 12.5. The third-order valence-electron chi connectivity index (χ3n) is 3.76. The van der Waals surface area contributed by atoms with Crippen LogP contribution in [0.3, 0.4) is 0 Å². The highest BCUT2D eigenvalue weighted by atomic mass is 16.6. The Morgan fingerprint density at radius 1 is 1.16 bits per heavy atom. The second kappa shape index (κ2) is 8.39. The van der Waals surface area contributed by atoms with E-state index in [1.807, 2.05) is 0 Å². The summed E-state index contributed by atoms with van der Waals surface area (Å²) in [6, 6.07) is 4.02. The molecule has 2 N–H and O–H groups in total. The van der Waals surface area contributed by atoms with Crippen LogP contribution >= 0.6 is 0 Å². The molecule has 0 saturated heterocycles. The molecule has 2 amide bonds. The van der Waals surface area contributed by atoms with E-state index in [0.29, 0.717) is 28.3 Å². The number of methoxy groups -OCH3 is 3. The highest BCUT2D eigenvalue weighted by molar-refractivity contribution is 5.95.